The van der Waals surface area contributed by atoms with Crippen molar-refractivity contribution in [3.8, 4) is 11.5 Å². The van der Waals surface area contributed by atoms with Crippen LogP contribution >= 0.6 is 12.4 Å². The Morgan fingerprint density at radius 1 is 0.893 bits per heavy atom. The van der Waals surface area contributed by atoms with Crippen molar-refractivity contribution in [2.45, 2.75) is 37.6 Å². The Morgan fingerprint density at radius 3 is 1.89 bits per heavy atom. The predicted molar refractivity (Wildman–Crippen MR) is 109 cm³/mol. The zero-order valence-corrected chi connectivity index (χ0v) is 17.4. The van der Waals surface area contributed by atoms with E-state index in [0.717, 1.165) is 32.1 Å². The van der Waals surface area contributed by atoms with Crippen molar-refractivity contribution in [3.63, 3.8) is 0 Å². The lowest BCUT2D eigenvalue weighted by molar-refractivity contribution is -0.139. The van der Waals surface area contributed by atoms with E-state index in [9.17, 15) is 9.59 Å². The second kappa shape index (κ2) is 9.47. The quantitative estimate of drug-likeness (QED) is 0.819. The van der Waals surface area contributed by atoms with Gasteiger partial charge >= 0.3 is 0 Å². The molecule has 0 spiro atoms. The summed E-state index contributed by atoms with van der Waals surface area (Å²) in [6, 6.07) is 5.15. The zero-order chi connectivity index (χ0) is 19.4. The molecule has 2 N–H and O–H groups in total. The molecule has 0 bridgehead atoms. The van der Waals surface area contributed by atoms with E-state index in [-0.39, 0.29) is 24.2 Å². The Balaban J connectivity index is 0.00000280. The first-order valence-corrected chi connectivity index (χ1v) is 9.57. The highest BCUT2D eigenvalue weighted by atomic mass is 35.5. The molecule has 0 atom stereocenters. The summed E-state index contributed by atoms with van der Waals surface area (Å²) in [4.78, 5) is 29.3. The molecule has 0 aromatic heterocycles. The first-order chi connectivity index (χ1) is 13.0. The molecule has 0 unspecified atom stereocenters. The summed E-state index contributed by atoms with van der Waals surface area (Å²) in [5, 5.41) is 0. The molecule has 156 valence electrons. The third kappa shape index (κ3) is 4.70. The molecular weight excluding hydrogens is 382 g/mol. The summed E-state index contributed by atoms with van der Waals surface area (Å²) < 4.78 is 10.5. The number of hydrogen-bond donors (Lipinski definition) is 1. The van der Waals surface area contributed by atoms with Crippen LogP contribution in [0.15, 0.2) is 18.2 Å². The fourth-order valence-corrected chi connectivity index (χ4v) is 3.94. The normalized spacial score (nSPS) is 18.8. The van der Waals surface area contributed by atoms with Crippen molar-refractivity contribution in [2.75, 3.05) is 40.4 Å². The van der Waals surface area contributed by atoms with Crippen LogP contribution in [0.5, 0.6) is 11.5 Å². The van der Waals surface area contributed by atoms with Gasteiger partial charge in [0.25, 0.3) is 5.91 Å². The van der Waals surface area contributed by atoms with E-state index in [1.807, 2.05) is 4.90 Å². The van der Waals surface area contributed by atoms with Crippen molar-refractivity contribution >= 4 is 24.2 Å². The average molecular weight is 412 g/mol. The molecule has 0 radical (unpaired) electrons. The lowest BCUT2D eigenvalue weighted by Gasteiger charge is -2.41. The van der Waals surface area contributed by atoms with E-state index in [0.29, 0.717) is 43.2 Å². The van der Waals surface area contributed by atoms with Crippen LogP contribution in [0.25, 0.3) is 0 Å². The summed E-state index contributed by atoms with van der Waals surface area (Å²) in [5.74, 6) is 1.11. The van der Waals surface area contributed by atoms with Gasteiger partial charge in [0.15, 0.2) is 0 Å². The molecule has 1 aliphatic carbocycles. The minimum absolute atomic E-state index is 0. The summed E-state index contributed by atoms with van der Waals surface area (Å²) in [7, 11) is 3.11. The van der Waals surface area contributed by atoms with Gasteiger partial charge in [-0.2, -0.15) is 0 Å². The van der Waals surface area contributed by atoms with E-state index in [4.69, 9.17) is 15.2 Å². The van der Waals surface area contributed by atoms with Crippen LogP contribution in [-0.4, -0.2) is 67.6 Å². The Kier molecular flexibility index (Phi) is 7.55. The Bertz CT molecular complexity index is 676. The van der Waals surface area contributed by atoms with Gasteiger partial charge in [-0.25, -0.2) is 0 Å². The summed E-state index contributed by atoms with van der Waals surface area (Å²) in [5.41, 5.74) is 6.19. The first-order valence-electron chi connectivity index (χ1n) is 9.57. The topological polar surface area (TPSA) is 85.1 Å². The molecule has 1 aliphatic heterocycles. The third-order valence-electron chi connectivity index (χ3n) is 5.62. The molecule has 1 aromatic carbocycles. The molecule has 2 fully saturated rings. The second-order valence-corrected chi connectivity index (χ2v) is 7.40. The lowest BCUT2D eigenvalue weighted by Crippen LogP contribution is -2.60. The highest BCUT2D eigenvalue weighted by Crippen LogP contribution is 2.28. The molecule has 28 heavy (non-hydrogen) atoms. The highest BCUT2D eigenvalue weighted by Gasteiger charge is 2.39. The van der Waals surface area contributed by atoms with E-state index in [1.165, 1.54) is 0 Å². The summed E-state index contributed by atoms with van der Waals surface area (Å²) >= 11 is 0. The molecular formula is C20H30ClN3O4. The van der Waals surface area contributed by atoms with Gasteiger partial charge in [-0.1, -0.05) is 19.3 Å². The van der Waals surface area contributed by atoms with Crippen molar-refractivity contribution in [3.05, 3.63) is 23.8 Å². The number of amides is 2. The molecule has 1 saturated heterocycles. The number of methoxy groups -OCH3 is 2. The Labute approximate surface area is 172 Å². The van der Waals surface area contributed by atoms with Gasteiger partial charge in [-0.3, -0.25) is 9.59 Å². The van der Waals surface area contributed by atoms with Crippen molar-refractivity contribution in [1.29, 1.82) is 0 Å². The molecule has 3 rings (SSSR count). The number of benzene rings is 1. The molecule has 7 nitrogen and oxygen atoms in total. The van der Waals surface area contributed by atoms with Crippen LogP contribution in [0.3, 0.4) is 0 Å². The molecule has 2 aliphatic rings. The molecule has 8 heteroatoms. The number of carbonyl (C=O) groups is 2. The number of carbonyl (C=O) groups excluding carboxylic acids is 2. The highest BCUT2D eigenvalue weighted by molar-refractivity contribution is 5.95. The van der Waals surface area contributed by atoms with Crippen LogP contribution in [0.4, 0.5) is 0 Å². The van der Waals surface area contributed by atoms with Crippen LogP contribution in [-0.2, 0) is 4.79 Å². The number of nitrogens with two attached hydrogens (primary N) is 1. The van der Waals surface area contributed by atoms with Gasteiger partial charge in [0.1, 0.15) is 11.5 Å². The van der Waals surface area contributed by atoms with Gasteiger partial charge in [0.2, 0.25) is 5.91 Å². The van der Waals surface area contributed by atoms with Crippen LogP contribution in [0.2, 0.25) is 0 Å². The van der Waals surface area contributed by atoms with E-state index in [1.54, 1.807) is 37.3 Å². The minimum Gasteiger partial charge on any atom is -0.497 e. The fraction of sp³-hybridized carbons (Fsp3) is 0.600. The molecule has 2 amide bonds. The van der Waals surface area contributed by atoms with Crippen molar-refractivity contribution < 1.29 is 19.1 Å². The van der Waals surface area contributed by atoms with Crippen molar-refractivity contribution in [2.24, 2.45) is 5.73 Å². The zero-order valence-electron chi connectivity index (χ0n) is 16.6. The maximum atomic E-state index is 12.9. The van der Waals surface area contributed by atoms with E-state index >= 15 is 0 Å². The average Bonchev–Trinajstić information content (AvgIpc) is 2.72. The Morgan fingerprint density at radius 2 is 1.39 bits per heavy atom. The largest absolute Gasteiger partial charge is 0.497 e. The standard InChI is InChI=1S/C20H29N3O4.ClH/c1-26-16-12-15(13-17(14-16)27-2)18(24)22-8-10-23(11-9-22)19(25)20(21)6-4-3-5-7-20;/h12-14H,3-11,21H2,1-2H3;1H. The molecule has 1 heterocycles. The van der Waals surface area contributed by atoms with Gasteiger partial charge in [-0.15, -0.1) is 12.4 Å². The molecule has 1 aromatic rings. The lowest BCUT2D eigenvalue weighted by atomic mass is 9.81. The minimum atomic E-state index is -0.718. The van der Waals surface area contributed by atoms with Crippen molar-refractivity contribution in [1.82, 2.24) is 9.80 Å². The monoisotopic (exact) mass is 411 g/mol. The van der Waals surface area contributed by atoms with Gasteiger partial charge in [0.05, 0.1) is 19.8 Å². The maximum Gasteiger partial charge on any atom is 0.254 e. The fourth-order valence-electron chi connectivity index (χ4n) is 3.94. The molecule has 1 saturated carbocycles. The second-order valence-electron chi connectivity index (χ2n) is 7.40. The van der Waals surface area contributed by atoms with Gasteiger partial charge in [-0.05, 0) is 25.0 Å². The number of halogens is 1. The van der Waals surface area contributed by atoms with E-state index in [2.05, 4.69) is 0 Å². The van der Waals surface area contributed by atoms with Crippen LogP contribution < -0.4 is 15.2 Å². The van der Waals surface area contributed by atoms with Gasteiger partial charge in [0, 0.05) is 37.8 Å². The number of ether oxygens (including phenoxy) is 2. The predicted octanol–water partition coefficient (Wildman–Crippen LogP) is 2.07. The van der Waals surface area contributed by atoms with Gasteiger partial charge < -0.3 is 25.0 Å². The maximum absolute atomic E-state index is 12.9. The number of piperazine rings is 1. The number of nitrogens with zero attached hydrogens (tertiary/aromatic N) is 2. The van der Waals surface area contributed by atoms with E-state index < -0.39 is 5.54 Å². The first kappa shape index (κ1) is 22.3. The Hall–Kier alpha value is -1.99. The number of rotatable bonds is 4. The SMILES string of the molecule is COc1cc(OC)cc(C(=O)N2CCN(C(=O)C3(N)CCCCC3)CC2)c1.Cl. The smallest absolute Gasteiger partial charge is 0.254 e. The third-order valence-corrected chi connectivity index (χ3v) is 5.62. The summed E-state index contributed by atoms with van der Waals surface area (Å²) in [6.45, 7) is 2.04. The van der Waals surface area contributed by atoms with Crippen LogP contribution in [0, 0.1) is 0 Å². The van der Waals surface area contributed by atoms with Crippen LogP contribution in [0.1, 0.15) is 42.5 Å². The number of hydrogen-bond acceptors (Lipinski definition) is 5. The summed E-state index contributed by atoms with van der Waals surface area (Å²) in [6.07, 6.45) is 4.69.